The van der Waals surface area contributed by atoms with Crippen LogP contribution in [0.15, 0.2) is 82.6 Å². The summed E-state index contributed by atoms with van der Waals surface area (Å²) < 4.78 is 2.94. The van der Waals surface area contributed by atoms with Crippen molar-refractivity contribution in [2.75, 3.05) is 11.1 Å². The Morgan fingerprint density at radius 2 is 1.89 bits per heavy atom. The Labute approximate surface area is 175 Å². The second kappa shape index (κ2) is 8.58. The van der Waals surface area contributed by atoms with E-state index >= 15 is 0 Å². The van der Waals surface area contributed by atoms with Crippen molar-refractivity contribution in [3.63, 3.8) is 0 Å². The van der Waals surface area contributed by atoms with Gasteiger partial charge in [0.1, 0.15) is 0 Å². The molecule has 0 fully saturated rings. The summed E-state index contributed by atoms with van der Waals surface area (Å²) >= 11 is 5.09. The van der Waals surface area contributed by atoms with E-state index in [-0.39, 0.29) is 5.91 Å². The van der Waals surface area contributed by atoms with E-state index in [1.54, 1.807) is 18.0 Å². The Morgan fingerprint density at radius 3 is 2.64 bits per heavy atom. The minimum Gasteiger partial charge on any atom is -0.326 e. The fraction of sp³-hybridized carbons (Fsp3) is 0.0952. The molecule has 4 aromatic rings. The summed E-state index contributed by atoms with van der Waals surface area (Å²) in [6, 6.07) is 17.7. The van der Waals surface area contributed by atoms with Crippen molar-refractivity contribution < 1.29 is 4.79 Å². The van der Waals surface area contributed by atoms with Crippen LogP contribution in [-0.2, 0) is 4.79 Å². The molecule has 2 aromatic heterocycles. The van der Waals surface area contributed by atoms with Gasteiger partial charge in [0.25, 0.3) is 0 Å². The zero-order valence-electron chi connectivity index (χ0n) is 14.9. The fourth-order valence-corrected chi connectivity index (χ4v) is 3.83. The second-order valence-corrected chi connectivity index (χ2v) is 8.22. The third kappa shape index (κ3) is 4.61. The zero-order chi connectivity index (χ0) is 19.3. The number of carbonyl (C=O) groups is 1. The molecule has 0 aliphatic carbocycles. The lowest BCUT2D eigenvalue weighted by molar-refractivity contribution is -0.115. The molecule has 0 bridgehead atoms. The lowest BCUT2D eigenvalue weighted by Crippen LogP contribution is -2.12. The van der Waals surface area contributed by atoms with E-state index in [9.17, 15) is 4.79 Å². The highest BCUT2D eigenvalue weighted by Crippen LogP contribution is 2.23. The van der Waals surface area contributed by atoms with Gasteiger partial charge in [-0.1, -0.05) is 28.1 Å². The Balaban J connectivity index is 1.32. The number of amides is 1. The van der Waals surface area contributed by atoms with Crippen LogP contribution >= 0.6 is 27.7 Å². The molecule has 5 nitrogen and oxygen atoms in total. The number of nitrogens with one attached hydrogen (secondary N) is 1. The van der Waals surface area contributed by atoms with Gasteiger partial charge in [-0.25, -0.2) is 9.97 Å². The van der Waals surface area contributed by atoms with Gasteiger partial charge in [0.05, 0.1) is 5.69 Å². The minimum atomic E-state index is 0.00860. The van der Waals surface area contributed by atoms with E-state index in [1.165, 1.54) is 0 Å². The Bertz CT molecular complexity index is 1060. The van der Waals surface area contributed by atoms with Gasteiger partial charge >= 0.3 is 0 Å². The molecule has 2 heterocycles. The molecular weight excluding hydrogens is 436 g/mol. The topological polar surface area (TPSA) is 59.3 Å². The average molecular weight is 453 g/mol. The molecule has 140 valence electrons. The van der Waals surface area contributed by atoms with Crippen molar-refractivity contribution >= 4 is 45.1 Å². The third-order valence-electron chi connectivity index (χ3n) is 4.11. The maximum atomic E-state index is 12.2. The molecule has 0 spiro atoms. The number of imidazole rings is 1. The summed E-state index contributed by atoms with van der Waals surface area (Å²) in [5, 5.41) is 2.94. The predicted molar refractivity (Wildman–Crippen MR) is 117 cm³/mol. The van der Waals surface area contributed by atoms with Crippen molar-refractivity contribution in [3.8, 4) is 11.3 Å². The maximum Gasteiger partial charge on any atom is 0.234 e. The van der Waals surface area contributed by atoms with Gasteiger partial charge in [0.15, 0.2) is 0 Å². The molecule has 0 saturated heterocycles. The highest BCUT2D eigenvalue weighted by molar-refractivity contribution is 9.10. The highest BCUT2D eigenvalue weighted by atomic mass is 79.9. The van der Waals surface area contributed by atoms with Gasteiger partial charge in [-0.15, -0.1) is 11.8 Å². The van der Waals surface area contributed by atoms with Crippen molar-refractivity contribution in [1.82, 2.24) is 14.4 Å². The van der Waals surface area contributed by atoms with Crippen LogP contribution in [0.5, 0.6) is 0 Å². The minimum absolute atomic E-state index is 0.00860. The Hall–Kier alpha value is -2.64. The second-order valence-electron chi connectivity index (χ2n) is 6.13. The molecule has 1 amide bonds. The van der Waals surface area contributed by atoms with Gasteiger partial charge in [-0.05, 0) is 42.5 Å². The summed E-state index contributed by atoms with van der Waals surface area (Å²) in [7, 11) is 0. The van der Waals surface area contributed by atoms with Crippen LogP contribution in [0, 0.1) is 0 Å². The predicted octanol–water partition coefficient (Wildman–Crippen LogP) is 5.28. The van der Waals surface area contributed by atoms with Crippen LogP contribution < -0.4 is 5.32 Å². The summed E-state index contributed by atoms with van der Waals surface area (Å²) in [4.78, 5) is 22.1. The van der Waals surface area contributed by atoms with Crippen LogP contribution in [0.1, 0.15) is 6.42 Å². The van der Waals surface area contributed by atoms with Gasteiger partial charge in [0, 0.05) is 51.4 Å². The number of benzene rings is 2. The molecule has 7 heteroatoms. The van der Waals surface area contributed by atoms with E-state index < -0.39 is 0 Å². The zero-order valence-corrected chi connectivity index (χ0v) is 17.3. The van der Waals surface area contributed by atoms with Crippen molar-refractivity contribution in [1.29, 1.82) is 0 Å². The number of rotatable bonds is 6. The molecule has 0 aliphatic rings. The van der Waals surface area contributed by atoms with Crippen molar-refractivity contribution in [2.24, 2.45) is 0 Å². The monoisotopic (exact) mass is 452 g/mol. The molecule has 0 unspecified atom stereocenters. The molecule has 0 radical (unpaired) electrons. The van der Waals surface area contributed by atoms with Gasteiger partial charge in [-0.3, -0.25) is 9.20 Å². The molecular formula is C21H17BrN4OS. The first kappa shape index (κ1) is 18.7. The van der Waals surface area contributed by atoms with E-state index in [2.05, 4.69) is 31.2 Å². The van der Waals surface area contributed by atoms with Crippen LogP contribution in [-0.4, -0.2) is 26.0 Å². The van der Waals surface area contributed by atoms with Gasteiger partial charge in [0.2, 0.25) is 11.7 Å². The Kier molecular flexibility index (Phi) is 5.73. The van der Waals surface area contributed by atoms with Crippen molar-refractivity contribution in [2.45, 2.75) is 11.3 Å². The number of nitrogens with zero attached hydrogens (tertiary/aromatic N) is 3. The largest absolute Gasteiger partial charge is 0.326 e. The average Bonchev–Trinajstić information content (AvgIpc) is 3.14. The first-order chi connectivity index (χ1) is 13.7. The quantitative estimate of drug-likeness (QED) is 0.404. The number of thioether (sulfide) groups is 1. The lowest BCUT2D eigenvalue weighted by Gasteiger charge is -2.06. The Morgan fingerprint density at radius 1 is 1.11 bits per heavy atom. The first-order valence-electron chi connectivity index (χ1n) is 8.76. The number of hydrogen-bond acceptors (Lipinski definition) is 4. The van der Waals surface area contributed by atoms with Gasteiger partial charge < -0.3 is 5.32 Å². The number of halogens is 1. The smallest absolute Gasteiger partial charge is 0.234 e. The maximum absolute atomic E-state index is 12.2. The van der Waals surface area contributed by atoms with E-state index in [1.807, 2.05) is 71.4 Å². The molecule has 0 atom stereocenters. The summed E-state index contributed by atoms with van der Waals surface area (Å²) in [5.74, 6) is 1.41. The molecule has 0 aliphatic heterocycles. The van der Waals surface area contributed by atoms with Crippen molar-refractivity contribution in [3.05, 3.63) is 77.7 Å². The molecule has 4 rings (SSSR count). The SMILES string of the molecule is O=C(CCSc1ccc(Br)cc1)Nc1ccc(-c2cn3cccnc3n2)cc1. The summed E-state index contributed by atoms with van der Waals surface area (Å²) in [6.07, 6.45) is 6.04. The summed E-state index contributed by atoms with van der Waals surface area (Å²) in [6.45, 7) is 0. The number of anilines is 1. The van der Waals surface area contributed by atoms with E-state index in [0.717, 1.165) is 32.1 Å². The molecule has 1 N–H and O–H groups in total. The molecule has 2 aromatic carbocycles. The van der Waals surface area contributed by atoms with E-state index in [0.29, 0.717) is 12.2 Å². The number of aromatic nitrogens is 3. The number of hydrogen-bond donors (Lipinski definition) is 1. The standard InChI is InChI=1S/C21H17BrN4OS/c22-16-4-8-18(9-5-16)28-13-10-20(27)24-17-6-2-15(3-7-17)19-14-26-12-1-11-23-21(26)25-19/h1-9,11-12,14H,10,13H2,(H,24,27). The van der Waals surface area contributed by atoms with Crippen LogP contribution in [0.3, 0.4) is 0 Å². The number of carbonyl (C=O) groups excluding carboxylic acids is 1. The normalized spacial score (nSPS) is 10.9. The third-order valence-corrected chi connectivity index (χ3v) is 5.65. The van der Waals surface area contributed by atoms with Crippen LogP contribution in [0.25, 0.3) is 17.0 Å². The van der Waals surface area contributed by atoms with Gasteiger partial charge in [-0.2, -0.15) is 0 Å². The molecule has 0 saturated carbocycles. The highest BCUT2D eigenvalue weighted by Gasteiger charge is 2.07. The van der Waals surface area contributed by atoms with Crippen LogP contribution in [0.4, 0.5) is 5.69 Å². The summed E-state index contributed by atoms with van der Waals surface area (Å²) in [5.41, 5.74) is 2.61. The first-order valence-corrected chi connectivity index (χ1v) is 10.5. The number of fused-ring (bicyclic) bond motifs is 1. The van der Waals surface area contributed by atoms with Crippen LogP contribution in [0.2, 0.25) is 0 Å². The fourth-order valence-electron chi connectivity index (χ4n) is 2.71. The van der Waals surface area contributed by atoms with E-state index in [4.69, 9.17) is 0 Å². The lowest BCUT2D eigenvalue weighted by atomic mass is 10.1. The molecule has 28 heavy (non-hydrogen) atoms.